The molecule has 0 atom stereocenters. The topological polar surface area (TPSA) is 45.6 Å². The minimum atomic E-state index is 0.0110. The normalized spacial score (nSPS) is 14.1. The lowest BCUT2D eigenvalue weighted by Crippen LogP contribution is -2.07. The summed E-state index contributed by atoms with van der Waals surface area (Å²) in [5.74, 6) is 1.07. The first-order valence-corrected chi connectivity index (χ1v) is 16.7. The summed E-state index contributed by atoms with van der Waals surface area (Å²) in [6.45, 7) is 7.62. The molecule has 0 saturated heterocycles. The van der Waals surface area contributed by atoms with E-state index in [2.05, 4.69) is 130 Å². The quantitative estimate of drug-likeness (QED) is 0.102. The number of anilines is 1. The molecule has 8 rings (SSSR count). The highest BCUT2D eigenvalue weighted by molar-refractivity contribution is 6.17. The molecule has 2 heterocycles. The number of ether oxygens (including phenoxy) is 1. The van der Waals surface area contributed by atoms with Crippen LogP contribution < -0.4 is 4.90 Å². The highest BCUT2D eigenvalue weighted by Gasteiger charge is 2.19. The smallest absolute Gasteiger partial charge is 0.269 e. The second-order valence-corrected chi connectivity index (χ2v) is 12.6. The van der Waals surface area contributed by atoms with E-state index in [1.807, 2.05) is 50.5 Å². The van der Waals surface area contributed by atoms with Crippen LogP contribution in [0.4, 0.5) is 5.69 Å². The monoisotopic (exact) mass is 656 g/mol. The molecule has 0 fully saturated rings. The van der Waals surface area contributed by atoms with Gasteiger partial charge in [0.15, 0.2) is 0 Å². The number of hydrogen-bond acceptors (Lipinski definition) is 3. The summed E-state index contributed by atoms with van der Waals surface area (Å²) in [4.78, 5) is 5.54. The predicted octanol–water partition coefficient (Wildman–Crippen LogP) is 11.4. The van der Waals surface area contributed by atoms with E-state index >= 15 is 0 Å². The molecule has 0 spiro atoms. The predicted molar refractivity (Wildman–Crippen MR) is 211 cm³/mol. The van der Waals surface area contributed by atoms with Crippen molar-refractivity contribution >= 4 is 61.2 Å². The summed E-state index contributed by atoms with van der Waals surface area (Å²) < 4.78 is 8.75. The van der Waals surface area contributed by atoms with Gasteiger partial charge < -0.3 is 14.2 Å². The maximum absolute atomic E-state index is 9.75. The lowest BCUT2D eigenvalue weighted by Gasteiger charge is -2.18. The van der Waals surface area contributed by atoms with Gasteiger partial charge in [0.05, 0.1) is 29.4 Å². The molecule has 0 saturated carbocycles. The minimum absolute atomic E-state index is 0.0110. The van der Waals surface area contributed by atoms with E-state index in [-0.39, 0.29) is 5.70 Å². The zero-order valence-electron chi connectivity index (χ0n) is 28.2. The van der Waals surface area contributed by atoms with Crippen LogP contribution >= 0.6 is 0 Å². The first-order chi connectivity index (χ1) is 25.0. The van der Waals surface area contributed by atoms with Crippen LogP contribution in [-0.4, -0.2) is 18.7 Å². The number of para-hydroxylation sites is 2. The van der Waals surface area contributed by atoms with Gasteiger partial charge in [-0.25, -0.2) is 10.1 Å². The number of benzene rings is 6. The molecule has 5 heteroatoms. The lowest BCUT2D eigenvalue weighted by molar-refractivity contribution is 0.332. The van der Waals surface area contributed by atoms with Crippen molar-refractivity contribution < 1.29 is 4.74 Å². The van der Waals surface area contributed by atoms with Gasteiger partial charge >= 0.3 is 0 Å². The van der Waals surface area contributed by atoms with Gasteiger partial charge in [-0.2, -0.15) is 0 Å². The van der Waals surface area contributed by atoms with Crippen molar-refractivity contribution in [1.29, 1.82) is 5.26 Å². The number of fused-ring (bicyclic) bond motifs is 5. The van der Waals surface area contributed by atoms with Crippen LogP contribution in [0.15, 0.2) is 168 Å². The van der Waals surface area contributed by atoms with E-state index in [4.69, 9.17) is 11.3 Å². The van der Waals surface area contributed by atoms with Crippen molar-refractivity contribution in [3.05, 3.63) is 191 Å². The first kappa shape index (κ1) is 31.2. The molecule has 0 aliphatic carbocycles. The molecule has 7 aromatic rings. The Morgan fingerprint density at radius 1 is 0.647 bits per heavy atom. The second kappa shape index (κ2) is 13.1. The highest BCUT2D eigenvalue weighted by atomic mass is 16.5. The third kappa shape index (κ3) is 5.64. The number of hydrogen-bond donors (Lipinski definition) is 0. The molecule has 0 amide bonds. The Labute approximate surface area is 296 Å². The molecule has 1 aromatic heterocycles. The lowest BCUT2D eigenvalue weighted by atomic mass is 9.94. The molecule has 0 N–H and O–H groups in total. The minimum Gasteiger partial charge on any atom is -0.457 e. The van der Waals surface area contributed by atoms with Crippen LogP contribution in [0.3, 0.4) is 0 Å². The van der Waals surface area contributed by atoms with Crippen LogP contribution in [0.5, 0.6) is 0 Å². The Balaban J connectivity index is 1.26. The summed E-state index contributed by atoms with van der Waals surface area (Å²) in [5.41, 5.74) is 7.15. The van der Waals surface area contributed by atoms with E-state index in [0.29, 0.717) is 17.1 Å². The van der Waals surface area contributed by atoms with Crippen LogP contribution in [0.25, 0.3) is 66.0 Å². The van der Waals surface area contributed by atoms with Gasteiger partial charge in [-0.3, -0.25) is 0 Å². The van der Waals surface area contributed by atoms with Crippen molar-refractivity contribution in [2.75, 3.05) is 19.0 Å². The van der Waals surface area contributed by atoms with E-state index in [1.165, 1.54) is 10.8 Å². The molecule has 1 aliphatic rings. The van der Waals surface area contributed by atoms with Crippen molar-refractivity contribution in [2.45, 2.75) is 0 Å². The highest BCUT2D eigenvalue weighted by Crippen LogP contribution is 2.41. The van der Waals surface area contributed by atoms with E-state index < -0.39 is 0 Å². The summed E-state index contributed by atoms with van der Waals surface area (Å²) in [6, 6.07) is 44.5. The summed E-state index contributed by atoms with van der Waals surface area (Å²) in [6.07, 6.45) is 11.3. The molecule has 0 bridgehead atoms. The number of rotatable bonds is 6. The van der Waals surface area contributed by atoms with E-state index in [0.717, 1.165) is 55.1 Å². The maximum Gasteiger partial charge on any atom is 0.269 e. The molecule has 5 nitrogen and oxygen atoms in total. The Hall–Kier alpha value is -7.08. The average molecular weight is 657 g/mol. The molecular weight excluding hydrogens is 625 g/mol. The Bertz CT molecular complexity index is 2630. The number of nitriles is 1. The van der Waals surface area contributed by atoms with Crippen LogP contribution in [0, 0.1) is 17.9 Å². The standard InChI is InChI=1S/C46H32N4O/c1-48-43(30-47)32-28-34(25-22-31-20-23-33(24-21-31)49(2)3)51-35(29-32)26-27-38-36-12-4-6-16-41(36)46(42-17-7-5-13-37(38)42)50-44-18-10-8-14-39(44)40-15-9-11-19-45(40)50/h4-29H,2-3H3. The van der Waals surface area contributed by atoms with Gasteiger partial charge in [0.25, 0.3) is 5.70 Å². The molecule has 0 radical (unpaired) electrons. The Morgan fingerprint density at radius 2 is 1.14 bits per heavy atom. The maximum atomic E-state index is 9.75. The van der Waals surface area contributed by atoms with Crippen molar-refractivity contribution in [3.63, 3.8) is 0 Å². The van der Waals surface area contributed by atoms with Crippen LogP contribution in [0.1, 0.15) is 11.1 Å². The zero-order valence-corrected chi connectivity index (χ0v) is 28.2. The molecule has 51 heavy (non-hydrogen) atoms. The first-order valence-electron chi connectivity index (χ1n) is 16.7. The zero-order chi connectivity index (χ0) is 34.9. The van der Waals surface area contributed by atoms with Gasteiger partial charge in [0.1, 0.15) is 11.5 Å². The third-order valence-electron chi connectivity index (χ3n) is 9.33. The molecule has 242 valence electrons. The molecule has 6 aromatic carbocycles. The van der Waals surface area contributed by atoms with Gasteiger partial charge in [-0.1, -0.05) is 109 Å². The van der Waals surface area contributed by atoms with Crippen molar-refractivity contribution in [2.24, 2.45) is 0 Å². The largest absolute Gasteiger partial charge is 0.457 e. The fraction of sp³-hybridized carbons (Fsp3) is 0.0435. The average Bonchev–Trinajstić information content (AvgIpc) is 3.50. The second-order valence-electron chi connectivity index (χ2n) is 12.6. The SMILES string of the molecule is [C-]#[N+]C(C#N)=C1C=C(C=Cc2ccc(N(C)C)cc2)OC(C=Cc2c3ccccc3c(-n3c4ccccc4c4ccccc43)c3ccccc23)=C1. The fourth-order valence-corrected chi connectivity index (χ4v) is 6.95. The van der Waals surface area contributed by atoms with Gasteiger partial charge in [0.2, 0.25) is 0 Å². The Morgan fingerprint density at radius 3 is 1.65 bits per heavy atom. The van der Waals surface area contributed by atoms with E-state index in [1.54, 1.807) is 12.2 Å². The third-order valence-corrected chi connectivity index (χ3v) is 9.33. The molecule has 0 unspecified atom stereocenters. The van der Waals surface area contributed by atoms with Crippen molar-refractivity contribution in [3.8, 4) is 11.8 Å². The fourth-order valence-electron chi connectivity index (χ4n) is 6.95. The summed E-state index contributed by atoms with van der Waals surface area (Å²) >= 11 is 0. The van der Waals surface area contributed by atoms with Crippen molar-refractivity contribution in [1.82, 2.24) is 4.57 Å². The van der Waals surface area contributed by atoms with Gasteiger partial charge in [0, 0.05) is 41.3 Å². The number of aromatic nitrogens is 1. The summed E-state index contributed by atoms with van der Waals surface area (Å²) in [7, 11) is 4.02. The Kier molecular flexibility index (Phi) is 8.01. The summed E-state index contributed by atoms with van der Waals surface area (Å²) in [5, 5.41) is 16.7. The van der Waals surface area contributed by atoms with Gasteiger partial charge in [-0.05, 0) is 76.0 Å². The van der Waals surface area contributed by atoms with E-state index in [9.17, 15) is 5.26 Å². The van der Waals surface area contributed by atoms with Crippen LogP contribution in [0.2, 0.25) is 0 Å². The number of nitrogens with zero attached hydrogens (tertiary/aromatic N) is 4. The number of allylic oxidation sites excluding steroid dienone is 6. The molecular formula is C46H32N4O. The van der Waals surface area contributed by atoms with Crippen LogP contribution in [-0.2, 0) is 4.74 Å². The van der Waals surface area contributed by atoms with Gasteiger partial charge in [-0.15, -0.1) is 0 Å². The molecule has 1 aliphatic heterocycles.